The summed E-state index contributed by atoms with van der Waals surface area (Å²) in [6.45, 7) is 5.51. The predicted molar refractivity (Wildman–Crippen MR) is 85.3 cm³/mol. The lowest BCUT2D eigenvalue weighted by atomic mass is 9.93. The van der Waals surface area contributed by atoms with Gasteiger partial charge in [-0.2, -0.15) is 0 Å². The van der Waals surface area contributed by atoms with Crippen molar-refractivity contribution < 1.29 is 0 Å². The Balaban J connectivity index is 2.34. The number of nitrogens with two attached hydrogens (primary N) is 1. The van der Waals surface area contributed by atoms with Crippen molar-refractivity contribution in [2.45, 2.75) is 51.6 Å². The van der Waals surface area contributed by atoms with Gasteiger partial charge in [-0.1, -0.05) is 49.8 Å². The fourth-order valence-corrected chi connectivity index (χ4v) is 3.45. The van der Waals surface area contributed by atoms with E-state index in [9.17, 15) is 0 Å². The SMILES string of the molecule is CCC1CCCCN1C(C(N)=S)c1ccccc1C. The van der Waals surface area contributed by atoms with Crippen LogP contribution in [0.1, 0.15) is 49.8 Å². The molecule has 2 unspecified atom stereocenters. The number of likely N-dealkylation sites (tertiary alicyclic amines) is 1. The number of hydrogen-bond donors (Lipinski definition) is 1. The van der Waals surface area contributed by atoms with E-state index >= 15 is 0 Å². The molecule has 2 rings (SSSR count). The molecule has 1 fully saturated rings. The molecular weight excluding hydrogens is 252 g/mol. The van der Waals surface area contributed by atoms with Crippen LogP contribution in [0.15, 0.2) is 24.3 Å². The van der Waals surface area contributed by atoms with Crippen LogP contribution in [0.3, 0.4) is 0 Å². The number of nitrogens with zero attached hydrogens (tertiary/aromatic N) is 1. The zero-order chi connectivity index (χ0) is 13.8. The molecule has 19 heavy (non-hydrogen) atoms. The summed E-state index contributed by atoms with van der Waals surface area (Å²) in [5.74, 6) is 0. The monoisotopic (exact) mass is 276 g/mol. The van der Waals surface area contributed by atoms with E-state index in [0.717, 1.165) is 6.54 Å². The maximum absolute atomic E-state index is 6.08. The van der Waals surface area contributed by atoms with Crippen molar-refractivity contribution in [3.05, 3.63) is 35.4 Å². The van der Waals surface area contributed by atoms with Gasteiger partial charge in [0.25, 0.3) is 0 Å². The average Bonchev–Trinajstić information content (AvgIpc) is 2.41. The van der Waals surface area contributed by atoms with Gasteiger partial charge in [-0.05, 0) is 43.9 Å². The molecule has 0 amide bonds. The number of rotatable bonds is 4. The van der Waals surface area contributed by atoms with Crippen LogP contribution in [0.5, 0.6) is 0 Å². The maximum Gasteiger partial charge on any atom is 0.0948 e. The summed E-state index contributed by atoms with van der Waals surface area (Å²) in [6.07, 6.45) is 5.01. The zero-order valence-electron chi connectivity index (χ0n) is 11.9. The highest BCUT2D eigenvalue weighted by Crippen LogP contribution is 2.31. The summed E-state index contributed by atoms with van der Waals surface area (Å²) in [6, 6.07) is 9.18. The fraction of sp³-hybridized carbons (Fsp3) is 0.562. The molecule has 2 N–H and O–H groups in total. The molecule has 2 atom stereocenters. The van der Waals surface area contributed by atoms with E-state index in [2.05, 4.69) is 43.0 Å². The Morgan fingerprint density at radius 2 is 2.16 bits per heavy atom. The van der Waals surface area contributed by atoms with Crippen molar-refractivity contribution in [2.75, 3.05) is 6.54 Å². The van der Waals surface area contributed by atoms with Gasteiger partial charge in [0, 0.05) is 6.04 Å². The van der Waals surface area contributed by atoms with Gasteiger partial charge in [0.1, 0.15) is 0 Å². The standard InChI is InChI=1S/C16H24N2S/c1-3-13-9-6-7-11-18(13)15(16(17)19)14-10-5-4-8-12(14)2/h4-5,8,10,13,15H,3,6-7,9,11H2,1-2H3,(H2,17,19). The number of aryl methyl sites for hydroxylation is 1. The molecule has 0 aliphatic carbocycles. The lowest BCUT2D eigenvalue weighted by Crippen LogP contribution is -2.46. The van der Waals surface area contributed by atoms with Crippen LogP contribution >= 0.6 is 12.2 Å². The molecule has 104 valence electrons. The summed E-state index contributed by atoms with van der Waals surface area (Å²) < 4.78 is 0. The largest absolute Gasteiger partial charge is 0.392 e. The maximum atomic E-state index is 6.08. The van der Waals surface area contributed by atoms with Crippen molar-refractivity contribution in [2.24, 2.45) is 5.73 Å². The second kappa shape index (κ2) is 6.49. The molecule has 0 saturated carbocycles. The van der Waals surface area contributed by atoms with Gasteiger partial charge in [-0.3, -0.25) is 4.90 Å². The third-order valence-electron chi connectivity index (χ3n) is 4.23. The molecule has 1 heterocycles. The molecule has 1 aromatic carbocycles. The molecule has 3 heteroatoms. The topological polar surface area (TPSA) is 29.3 Å². The summed E-state index contributed by atoms with van der Waals surface area (Å²) in [5, 5.41) is 0. The second-order valence-electron chi connectivity index (χ2n) is 5.46. The Kier molecular flexibility index (Phi) is 4.94. The van der Waals surface area contributed by atoms with Crippen molar-refractivity contribution in [1.29, 1.82) is 0 Å². The van der Waals surface area contributed by atoms with Crippen molar-refractivity contribution in [3.8, 4) is 0 Å². The first-order valence-corrected chi connectivity index (χ1v) is 7.66. The summed E-state index contributed by atoms with van der Waals surface area (Å²) >= 11 is 5.38. The van der Waals surface area contributed by atoms with Crippen molar-refractivity contribution in [1.82, 2.24) is 4.90 Å². The van der Waals surface area contributed by atoms with Crippen LogP contribution in [-0.2, 0) is 0 Å². The van der Waals surface area contributed by atoms with Crippen molar-refractivity contribution >= 4 is 17.2 Å². The van der Waals surface area contributed by atoms with Crippen LogP contribution in [-0.4, -0.2) is 22.5 Å². The molecule has 1 saturated heterocycles. The van der Waals surface area contributed by atoms with Crippen LogP contribution < -0.4 is 5.73 Å². The van der Waals surface area contributed by atoms with Crippen LogP contribution in [0.2, 0.25) is 0 Å². The second-order valence-corrected chi connectivity index (χ2v) is 5.93. The fourth-order valence-electron chi connectivity index (χ4n) is 3.19. The molecule has 1 aliphatic rings. The molecule has 0 radical (unpaired) electrons. The number of hydrogen-bond acceptors (Lipinski definition) is 2. The average molecular weight is 276 g/mol. The molecule has 1 aromatic rings. The Morgan fingerprint density at radius 1 is 1.42 bits per heavy atom. The quantitative estimate of drug-likeness (QED) is 0.852. The highest BCUT2D eigenvalue weighted by Gasteiger charge is 2.31. The van der Waals surface area contributed by atoms with Crippen LogP contribution in [0.4, 0.5) is 0 Å². The van der Waals surface area contributed by atoms with E-state index in [1.807, 2.05) is 0 Å². The Labute approximate surface area is 122 Å². The summed E-state index contributed by atoms with van der Waals surface area (Å²) in [4.78, 5) is 3.13. The normalized spacial score (nSPS) is 22.1. The minimum Gasteiger partial charge on any atom is -0.392 e. The lowest BCUT2D eigenvalue weighted by Gasteiger charge is -2.41. The van der Waals surface area contributed by atoms with Gasteiger partial charge < -0.3 is 5.73 Å². The van der Waals surface area contributed by atoms with E-state index in [-0.39, 0.29) is 6.04 Å². The predicted octanol–water partition coefficient (Wildman–Crippen LogP) is 3.59. The highest BCUT2D eigenvalue weighted by molar-refractivity contribution is 7.80. The first-order valence-electron chi connectivity index (χ1n) is 7.25. The Hall–Kier alpha value is -0.930. The Morgan fingerprint density at radius 3 is 2.79 bits per heavy atom. The minimum absolute atomic E-state index is 0.0986. The molecule has 0 bridgehead atoms. The van der Waals surface area contributed by atoms with Crippen molar-refractivity contribution in [3.63, 3.8) is 0 Å². The van der Waals surface area contributed by atoms with Crippen LogP contribution in [0, 0.1) is 6.92 Å². The van der Waals surface area contributed by atoms with E-state index in [0.29, 0.717) is 11.0 Å². The first-order chi connectivity index (χ1) is 9.15. The van der Waals surface area contributed by atoms with Gasteiger partial charge in [0.15, 0.2) is 0 Å². The molecular formula is C16H24N2S. The van der Waals surface area contributed by atoms with E-state index in [4.69, 9.17) is 18.0 Å². The molecule has 0 spiro atoms. The molecule has 2 nitrogen and oxygen atoms in total. The smallest absolute Gasteiger partial charge is 0.0948 e. The summed E-state index contributed by atoms with van der Waals surface area (Å²) in [5.41, 5.74) is 8.63. The third kappa shape index (κ3) is 3.15. The van der Waals surface area contributed by atoms with E-state index in [1.54, 1.807) is 0 Å². The molecule has 1 aliphatic heterocycles. The van der Waals surface area contributed by atoms with Gasteiger partial charge in [-0.25, -0.2) is 0 Å². The van der Waals surface area contributed by atoms with E-state index < -0.39 is 0 Å². The number of piperidine rings is 1. The zero-order valence-corrected chi connectivity index (χ0v) is 12.7. The van der Waals surface area contributed by atoms with Gasteiger partial charge in [0.2, 0.25) is 0 Å². The van der Waals surface area contributed by atoms with Gasteiger partial charge >= 0.3 is 0 Å². The number of benzene rings is 1. The Bertz CT molecular complexity index is 444. The van der Waals surface area contributed by atoms with E-state index in [1.165, 1.54) is 36.8 Å². The minimum atomic E-state index is 0.0986. The van der Waals surface area contributed by atoms with Crippen LogP contribution in [0.25, 0.3) is 0 Å². The van der Waals surface area contributed by atoms with Gasteiger partial charge in [-0.15, -0.1) is 0 Å². The first kappa shape index (κ1) is 14.5. The number of thiocarbonyl (C=S) groups is 1. The summed E-state index contributed by atoms with van der Waals surface area (Å²) in [7, 11) is 0. The lowest BCUT2D eigenvalue weighted by molar-refractivity contribution is 0.122. The molecule has 0 aromatic heterocycles. The highest BCUT2D eigenvalue weighted by atomic mass is 32.1. The van der Waals surface area contributed by atoms with Gasteiger partial charge in [0.05, 0.1) is 11.0 Å². The third-order valence-corrected chi connectivity index (χ3v) is 4.45.